The molecule has 0 saturated carbocycles. The van der Waals surface area contributed by atoms with Gasteiger partial charge in [0.05, 0.1) is 17.6 Å². The van der Waals surface area contributed by atoms with Gasteiger partial charge < -0.3 is 9.64 Å². The van der Waals surface area contributed by atoms with Crippen molar-refractivity contribution in [3.63, 3.8) is 0 Å². The van der Waals surface area contributed by atoms with Crippen LogP contribution in [0.15, 0.2) is 40.6 Å². The molecule has 1 aromatic heterocycles. The fraction of sp³-hybridized carbons (Fsp3) is 0.375. The Balaban J connectivity index is 1.77. The van der Waals surface area contributed by atoms with Crippen LogP contribution in [0.1, 0.15) is 13.8 Å². The molecule has 2 atom stereocenters. The number of rotatable bonds is 4. The molecule has 5 nitrogen and oxygen atoms in total. The van der Waals surface area contributed by atoms with Gasteiger partial charge in [0.1, 0.15) is 4.21 Å². The lowest BCUT2D eigenvalue weighted by Crippen LogP contribution is -2.49. The van der Waals surface area contributed by atoms with Gasteiger partial charge in [0.25, 0.3) is 10.0 Å². The Morgan fingerprint density at radius 3 is 2.29 bits per heavy atom. The summed E-state index contributed by atoms with van der Waals surface area (Å²) in [5.41, 5.74) is 1.58. The number of hydrogen-bond donors (Lipinski definition) is 1. The van der Waals surface area contributed by atoms with Gasteiger partial charge >= 0.3 is 0 Å². The highest BCUT2D eigenvalue weighted by molar-refractivity contribution is 7.94. The molecule has 0 amide bonds. The minimum absolute atomic E-state index is 0.201. The standard InChI is InChI=1S/C16H19ClN2O3S2/c1-11-9-22-10-12(2)19(11)14-5-3-13(4-6-14)18-24(20,21)16-8-7-15(17)23-16/h3-8,11-12,18H,9-10H2,1-2H3. The minimum atomic E-state index is -3.60. The number of ether oxygens (including phenoxy) is 1. The van der Waals surface area contributed by atoms with Crippen molar-refractivity contribution in [2.75, 3.05) is 22.8 Å². The zero-order chi connectivity index (χ0) is 17.3. The molecule has 1 saturated heterocycles. The molecule has 8 heteroatoms. The Kier molecular flexibility index (Phi) is 5.05. The first kappa shape index (κ1) is 17.5. The van der Waals surface area contributed by atoms with E-state index in [4.69, 9.17) is 16.3 Å². The van der Waals surface area contributed by atoms with E-state index in [0.717, 1.165) is 17.0 Å². The molecule has 3 rings (SSSR count). The Labute approximate surface area is 151 Å². The zero-order valence-electron chi connectivity index (χ0n) is 13.4. The molecule has 0 radical (unpaired) electrons. The summed E-state index contributed by atoms with van der Waals surface area (Å²) in [5, 5.41) is 0. The molecule has 24 heavy (non-hydrogen) atoms. The molecule has 0 aliphatic carbocycles. The number of sulfonamides is 1. The summed E-state index contributed by atoms with van der Waals surface area (Å²) in [5.74, 6) is 0. The number of anilines is 2. The summed E-state index contributed by atoms with van der Waals surface area (Å²) < 4.78 is 33.4. The monoisotopic (exact) mass is 386 g/mol. The third kappa shape index (κ3) is 3.69. The van der Waals surface area contributed by atoms with Crippen LogP contribution in [0.25, 0.3) is 0 Å². The summed E-state index contributed by atoms with van der Waals surface area (Å²) in [4.78, 5) is 2.29. The van der Waals surface area contributed by atoms with E-state index in [-0.39, 0.29) is 16.3 Å². The summed E-state index contributed by atoms with van der Waals surface area (Å²) in [6.45, 7) is 5.62. The molecular formula is C16H19ClN2O3S2. The van der Waals surface area contributed by atoms with E-state index in [9.17, 15) is 8.42 Å². The third-order valence-electron chi connectivity index (χ3n) is 3.90. The normalized spacial score (nSPS) is 21.7. The zero-order valence-corrected chi connectivity index (χ0v) is 15.8. The second-order valence-electron chi connectivity index (χ2n) is 5.85. The van der Waals surface area contributed by atoms with Crippen molar-refractivity contribution in [1.29, 1.82) is 0 Å². The van der Waals surface area contributed by atoms with Crippen LogP contribution in [0.2, 0.25) is 4.34 Å². The van der Waals surface area contributed by atoms with Gasteiger partial charge in [0.15, 0.2) is 0 Å². The van der Waals surface area contributed by atoms with Gasteiger partial charge in [0, 0.05) is 23.5 Å². The van der Waals surface area contributed by atoms with Gasteiger partial charge in [-0.1, -0.05) is 11.6 Å². The Bertz CT molecular complexity index is 795. The predicted octanol–water partition coefficient (Wildman–Crippen LogP) is 3.82. The second-order valence-corrected chi connectivity index (χ2v) is 9.48. The molecule has 2 unspecified atom stereocenters. The van der Waals surface area contributed by atoms with Crippen LogP contribution >= 0.6 is 22.9 Å². The first-order valence-corrected chi connectivity index (χ1v) is 10.3. The van der Waals surface area contributed by atoms with E-state index in [1.165, 1.54) is 6.07 Å². The van der Waals surface area contributed by atoms with Crippen molar-refractivity contribution >= 4 is 44.3 Å². The van der Waals surface area contributed by atoms with Gasteiger partial charge in [-0.2, -0.15) is 0 Å². The highest BCUT2D eigenvalue weighted by atomic mass is 35.5. The van der Waals surface area contributed by atoms with Gasteiger partial charge in [-0.3, -0.25) is 4.72 Å². The highest BCUT2D eigenvalue weighted by Crippen LogP contribution is 2.29. The molecule has 1 N–H and O–H groups in total. The predicted molar refractivity (Wildman–Crippen MR) is 98.8 cm³/mol. The quantitative estimate of drug-likeness (QED) is 0.867. The number of thiophene rings is 1. The van der Waals surface area contributed by atoms with Crippen LogP contribution in [-0.2, 0) is 14.8 Å². The van der Waals surface area contributed by atoms with E-state index in [2.05, 4.69) is 23.5 Å². The number of morpholine rings is 1. The Hall–Kier alpha value is -1.28. The van der Waals surface area contributed by atoms with Crippen LogP contribution in [0.3, 0.4) is 0 Å². The average Bonchev–Trinajstić information content (AvgIpc) is 2.96. The second kappa shape index (κ2) is 6.92. The van der Waals surface area contributed by atoms with E-state index >= 15 is 0 Å². The Morgan fingerprint density at radius 2 is 1.75 bits per heavy atom. The lowest BCUT2D eigenvalue weighted by molar-refractivity contribution is 0.0757. The number of benzene rings is 1. The molecular weight excluding hydrogens is 368 g/mol. The molecule has 130 valence electrons. The van der Waals surface area contributed by atoms with Gasteiger partial charge in [-0.05, 0) is 50.2 Å². The molecule has 1 aromatic carbocycles. The van der Waals surface area contributed by atoms with Crippen LogP contribution in [0, 0.1) is 0 Å². The lowest BCUT2D eigenvalue weighted by atomic mass is 10.1. The maximum atomic E-state index is 12.3. The van der Waals surface area contributed by atoms with Crippen molar-refractivity contribution in [3.05, 3.63) is 40.7 Å². The smallest absolute Gasteiger partial charge is 0.271 e. The van der Waals surface area contributed by atoms with Crippen LogP contribution < -0.4 is 9.62 Å². The van der Waals surface area contributed by atoms with Gasteiger partial charge in [0.2, 0.25) is 0 Å². The molecule has 0 bridgehead atoms. The lowest BCUT2D eigenvalue weighted by Gasteiger charge is -2.40. The van der Waals surface area contributed by atoms with Crippen molar-refractivity contribution in [3.8, 4) is 0 Å². The van der Waals surface area contributed by atoms with Gasteiger partial charge in [-0.25, -0.2) is 8.42 Å². The van der Waals surface area contributed by atoms with E-state index in [1.807, 2.05) is 12.1 Å². The van der Waals surface area contributed by atoms with Crippen molar-refractivity contribution < 1.29 is 13.2 Å². The van der Waals surface area contributed by atoms with Crippen LogP contribution in [-0.4, -0.2) is 33.7 Å². The maximum Gasteiger partial charge on any atom is 0.271 e. The maximum absolute atomic E-state index is 12.3. The molecule has 0 spiro atoms. The third-order valence-corrected chi connectivity index (χ3v) is 7.00. The largest absolute Gasteiger partial charge is 0.377 e. The van der Waals surface area contributed by atoms with Crippen molar-refractivity contribution in [2.24, 2.45) is 0 Å². The topological polar surface area (TPSA) is 58.6 Å². The fourth-order valence-electron chi connectivity index (χ4n) is 2.86. The number of nitrogens with zero attached hydrogens (tertiary/aromatic N) is 1. The van der Waals surface area contributed by atoms with E-state index in [1.54, 1.807) is 18.2 Å². The SMILES string of the molecule is CC1COCC(C)N1c1ccc(NS(=O)(=O)c2ccc(Cl)s2)cc1. The van der Waals surface area contributed by atoms with E-state index < -0.39 is 10.0 Å². The number of hydrogen-bond acceptors (Lipinski definition) is 5. The van der Waals surface area contributed by atoms with Crippen LogP contribution in [0.5, 0.6) is 0 Å². The first-order chi connectivity index (χ1) is 11.4. The number of nitrogens with one attached hydrogen (secondary N) is 1. The molecule has 2 aromatic rings. The van der Waals surface area contributed by atoms with Crippen molar-refractivity contribution in [2.45, 2.75) is 30.1 Å². The molecule has 1 fully saturated rings. The minimum Gasteiger partial charge on any atom is -0.377 e. The molecule has 1 aliphatic heterocycles. The highest BCUT2D eigenvalue weighted by Gasteiger charge is 2.25. The van der Waals surface area contributed by atoms with Gasteiger partial charge in [-0.15, -0.1) is 11.3 Å². The summed E-state index contributed by atoms with van der Waals surface area (Å²) >= 11 is 6.85. The first-order valence-electron chi connectivity index (χ1n) is 7.61. The molecule has 1 aliphatic rings. The van der Waals surface area contributed by atoms with Crippen LogP contribution in [0.4, 0.5) is 11.4 Å². The summed E-state index contributed by atoms with van der Waals surface area (Å²) in [6, 6.07) is 11.0. The number of halogens is 1. The fourth-order valence-corrected chi connectivity index (χ4v) is 5.40. The Morgan fingerprint density at radius 1 is 1.12 bits per heavy atom. The van der Waals surface area contributed by atoms with Crippen molar-refractivity contribution in [1.82, 2.24) is 0 Å². The molecule has 2 heterocycles. The average molecular weight is 387 g/mol. The summed E-state index contributed by atoms with van der Waals surface area (Å²) in [7, 11) is -3.60. The van der Waals surface area contributed by atoms with E-state index in [0.29, 0.717) is 23.2 Å². The summed E-state index contributed by atoms with van der Waals surface area (Å²) in [6.07, 6.45) is 0.